The van der Waals surface area contributed by atoms with Gasteiger partial charge >= 0.3 is 0 Å². The SMILES string of the molecule is CC1(CN2CCN(c3ccc(F)cc3)CC2)CCCN1. The molecule has 0 aliphatic carbocycles. The fraction of sp³-hybridized carbons (Fsp3) is 0.625. The van der Waals surface area contributed by atoms with E-state index in [1.54, 1.807) is 12.1 Å². The normalized spacial score (nSPS) is 28.0. The maximum absolute atomic E-state index is 13.0. The third-order valence-electron chi connectivity index (χ3n) is 4.59. The topological polar surface area (TPSA) is 18.5 Å². The molecule has 3 nitrogen and oxygen atoms in total. The highest BCUT2D eigenvalue weighted by Crippen LogP contribution is 2.22. The fourth-order valence-corrected chi connectivity index (χ4v) is 3.40. The molecule has 0 bridgehead atoms. The van der Waals surface area contributed by atoms with E-state index in [2.05, 4.69) is 22.0 Å². The van der Waals surface area contributed by atoms with Crippen LogP contribution in [0.2, 0.25) is 0 Å². The maximum atomic E-state index is 13.0. The molecule has 1 aromatic carbocycles. The van der Waals surface area contributed by atoms with Crippen molar-refractivity contribution < 1.29 is 4.39 Å². The standard InChI is InChI=1S/C16H24FN3/c1-16(7-2-8-18-16)13-19-9-11-20(12-10-19)15-5-3-14(17)4-6-15/h3-6,18H,2,7-13H2,1H3. The predicted molar refractivity (Wildman–Crippen MR) is 80.7 cm³/mol. The summed E-state index contributed by atoms with van der Waals surface area (Å²) in [6.45, 7) is 8.88. The molecular formula is C16H24FN3. The van der Waals surface area contributed by atoms with Gasteiger partial charge in [0.1, 0.15) is 5.82 Å². The second kappa shape index (κ2) is 5.70. The van der Waals surface area contributed by atoms with Gasteiger partial charge in [0.05, 0.1) is 0 Å². The van der Waals surface area contributed by atoms with Crippen LogP contribution in [0.1, 0.15) is 19.8 Å². The number of benzene rings is 1. The van der Waals surface area contributed by atoms with Crippen LogP contribution in [0.15, 0.2) is 24.3 Å². The van der Waals surface area contributed by atoms with E-state index < -0.39 is 0 Å². The largest absolute Gasteiger partial charge is 0.369 e. The second-order valence-corrected chi connectivity index (χ2v) is 6.33. The summed E-state index contributed by atoms with van der Waals surface area (Å²) in [5.41, 5.74) is 1.44. The summed E-state index contributed by atoms with van der Waals surface area (Å²) in [5.74, 6) is -0.160. The Balaban J connectivity index is 1.53. The zero-order valence-corrected chi connectivity index (χ0v) is 12.2. The summed E-state index contributed by atoms with van der Waals surface area (Å²) in [7, 11) is 0. The van der Waals surface area contributed by atoms with Gasteiger partial charge < -0.3 is 10.2 Å². The highest BCUT2D eigenvalue weighted by molar-refractivity contribution is 5.46. The van der Waals surface area contributed by atoms with E-state index in [0.29, 0.717) is 5.54 Å². The first-order valence-electron chi connectivity index (χ1n) is 7.63. The fourth-order valence-electron chi connectivity index (χ4n) is 3.40. The van der Waals surface area contributed by atoms with Gasteiger partial charge in [-0.05, 0) is 50.6 Å². The van der Waals surface area contributed by atoms with Crippen LogP contribution in [0.25, 0.3) is 0 Å². The first-order valence-corrected chi connectivity index (χ1v) is 7.63. The number of nitrogens with zero attached hydrogens (tertiary/aromatic N) is 2. The number of hydrogen-bond acceptors (Lipinski definition) is 3. The summed E-state index contributed by atoms with van der Waals surface area (Å²) in [6, 6.07) is 6.85. The lowest BCUT2D eigenvalue weighted by molar-refractivity contribution is 0.194. The number of rotatable bonds is 3. The van der Waals surface area contributed by atoms with Crippen LogP contribution < -0.4 is 10.2 Å². The molecule has 0 aromatic heterocycles. The Bertz CT molecular complexity index is 432. The molecule has 1 unspecified atom stereocenters. The first-order chi connectivity index (χ1) is 9.65. The van der Waals surface area contributed by atoms with Crippen molar-refractivity contribution in [3.05, 3.63) is 30.1 Å². The number of piperazine rings is 1. The number of nitrogens with one attached hydrogen (secondary N) is 1. The Morgan fingerprint density at radius 1 is 1.15 bits per heavy atom. The van der Waals surface area contributed by atoms with Crippen molar-refractivity contribution >= 4 is 5.69 Å². The minimum Gasteiger partial charge on any atom is -0.369 e. The molecule has 0 radical (unpaired) electrons. The van der Waals surface area contributed by atoms with Crippen LogP contribution in [0.4, 0.5) is 10.1 Å². The van der Waals surface area contributed by atoms with Crippen LogP contribution in [0.5, 0.6) is 0 Å². The number of anilines is 1. The summed E-state index contributed by atoms with van der Waals surface area (Å²) >= 11 is 0. The summed E-state index contributed by atoms with van der Waals surface area (Å²) in [5, 5.41) is 3.63. The number of halogens is 1. The summed E-state index contributed by atoms with van der Waals surface area (Å²) in [6.07, 6.45) is 2.58. The van der Waals surface area contributed by atoms with Crippen molar-refractivity contribution in [2.24, 2.45) is 0 Å². The van der Waals surface area contributed by atoms with Gasteiger partial charge in [-0.15, -0.1) is 0 Å². The lowest BCUT2D eigenvalue weighted by Gasteiger charge is -2.39. The lowest BCUT2D eigenvalue weighted by atomic mass is 9.99. The Labute approximate surface area is 120 Å². The van der Waals surface area contributed by atoms with Gasteiger partial charge in [0.2, 0.25) is 0 Å². The van der Waals surface area contributed by atoms with E-state index >= 15 is 0 Å². The minimum atomic E-state index is -0.160. The van der Waals surface area contributed by atoms with Crippen molar-refractivity contribution in [1.82, 2.24) is 10.2 Å². The van der Waals surface area contributed by atoms with Crippen LogP contribution >= 0.6 is 0 Å². The third kappa shape index (κ3) is 3.13. The van der Waals surface area contributed by atoms with E-state index in [0.717, 1.165) is 45.0 Å². The molecule has 0 spiro atoms. The average Bonchev–Trinajstić information content (AvgIpc) is 2.87. The Morgan fingerprint density at radius 2 is 1.85 bits per heavy atom. The van der Waals surface area contributed by atoms with Crippen LogP contribution in [0, 0.1) is 5.82 Å². The molecule has 20 heavy (non-hydrogen) atoms. The van der Waals surface area contributed by atoms with Gasteiger partial charge in [-0.25, -0.2) is 4.39 Å². The van der Waals surface area contributed by atoms with E-state index in [-0.39, 0.29) is 5.82 Å². The van der Waals surface area contributed by atoms with Gasteiger partial charge in [0, 0.05) is 44.0 Å². The third-order valence-corrected chi connectivity index (χ3v) is 4.59. The maximum Gasteiger partial charge on any atom is 0.123 e. The van der Waals surface area contributed by atoms with Crippen LogP contribution in [0.3, 0.4) is 0 Å². The number of hydrogen-bond donors (Lipinski definition) is 1. The van der Waals surface area contributed by atoms with Crippen molar-refractivity contribution in [3.63, 3.8) is 0 Å². The zero-order valence-electron chi connectivity index (χ0n) is 12.2. The summed E-state index contributed by atoms with van der Waals surface area (Å²) < 4.78 is 13.0. The molecular weight excluding hydrogens is 253 g/mol. The monoisotopic (exact) mass is 277 g/mol. The molecule has 1 aromatic rings. The molecule has 0 saturated carbocycles. The van der Waals surface area contributed by atoms with Crippen molar-refractivity contribution in [2.75, 3.05) is 44.2 Å². The Morgan fingerprint density at radius 3 is 2.45 bits per heavy atom. The molecule has 3 rings (SSSR count). The molecule has 2 saturated heterocycles. The van der Waals surface area contributed by atoms with Crippen molar-refractivity contribution in [1.29, 1.82) is 0 Å². The molecule has 2 aliphatic heterocycles. The second-order valence-electron chi connectivity index (χ2n) is 6.33. The van der Waals surface area contributed by atoms with Crippen LogP contribution in [-0.4, -0.2) is 49.7 Å². The predicted octanol–water partition coefficient (Wildman–Crippen LogP) is 2.09. The highest BCUT2D eigenvalue weighted by Gasteiger charge is 2.31. The first kappa shape index (κ1) is 13.8. The van der Waals surface area contributed by atoms with Crippen molar-refractivity contribution in [2.45, 2.75) is 25.3 Å². The van der Waals surface area contributed by atoms with Gasteiger partial charge in [0.15, 0.2) is 0 Å². The van der Waals surface area contributed by atoms with E-state index in [4.69, 9.17) is 0 Å². The highest BCUT2D eigenvalue weighted by atomic mass is 19.1. The Hall–Kier alpha value is -1.13. The molecule has 2 aliphatic rings. The van der Waals surface area contributed by atoms with Crippen molar-refractivity contribution in [3.8, 4) is 0 Å². The van der Waals surface area contributed by atoms with E-state index in [1.165, 1.54) is 12.8 Å². The smallest absolute Gasteiger partial charge is 0.123 e. The molecule has 4 heteroatoms. The van der Waals surface area contributed by atoms with Gasteiger partial charge in [-0.1, -0.05) is 0 Å². The van der Waals surface area contributed by atoms with E-state index in [1.807, 2.05) is 12.1 Å². The minimum absolute atomic E-state index is 0.160. The average molecular weight is 277 g/mol. The van der Waals surface area contributed by atoms with Gasteiger partial charge in [-0.3, -0.25) is 4.90 Å². The molecule has 0 amide bonds. The molecule has 110 valence electrons. The van der Waals surface area contributed by atoms with E-state index in [9.17, 15) is 4.39 Å². The van der Waals surface area contributed by atoms with Gasteiger partial charge in [-0.2, -0.15) is 0 Å². The Kier molecular flexibility index (Phi) is 3.94. The quantitative estimate of drug-likeness (QED) is 0.912. The molecule has 1 N–H and O–H groups in total. The molecule has 2 heterocycles. The van der Waals surface area contributed by atoms with Gasteiger partial charge in [0.25, 0.3) is 0 Å². The summed E-state index contributed by atoms with van der Waals surface area (Å²) in [4.78, 5) is 4.90. The zero-order chi connectivity index (χ0) is 14.0. The molecule has 1 atom stereocenters. The lowest BCUT2D eigenvalue weighted by Crippen LogP contribution is -2.54. The molecule has 2 fully saturated rings. The van der Waals surface area contributed by atoms with Crippen LogP contribution in [-0.2, 0) is 0 Å².